The van der Waals surface area contributed by atoms with Gasteiger partial charge in [0.1, 0.15) is 11.8 Å². The number of carbonyl (C=O) groups excluding carboxylic acids is 1. The smallest absolute Gasteiger partial charge is 0.338 e. The Hall–Kier alpha value is -2.17. The number of nitrogens with one attached hydrogen (secondary N) is 1. The van der Waals surface area contributed by atoms with Gasteiger partial charge in [0.2, 0.25) is 5.95 Å². The molecule has 0 saturated carbocycles. The normalized spacial score (nSPS) is 16.6. The fraction of sp³-hybridized carbons (Fsp3) is 0.286. The number of halogens is 1. The van der Waals surface area contributed by atoms with Crippen LogP contribution in [0.2, 0.25) is 0 Å². The number of nitrogens with zero attached hydrogens (tertiary/aromatic N) is 4. The summed E-state index contributed by atoms with van der Waals surface area (Å²) in [4.78, 5) is 12.3. The number of ether oxygens (including phenoxy) is 2. The van der Waals surface area contributed by atoms with E-state index in [4.69, 9.17) is 9.47 Å². The number of benzene rings is 1. The molecule has 0 amide bonds. The van der Waals surface area contributed by atoms with E-state index in [-0.39, 0.29) is 0 Å². The second kappa shape index (κ2) is 6.14. The fourth-order valence-electron chi connectivity index (χ4n) is 2.59. The van der Waals surface area contributed by atoms with Crippen LogP contribution < -0.4 is 10.1 Å². The highest BCUT2D eigenvalue weighted by Gasteiger charge is 2.36. The maximum atomic E-state index is 12.3. The van der Waals surface area contributed by atoms with Crippen LogP contribution in [0.4, 0.5) is 5.95 Å². The Morgan fingerprint density at radius 1 is 1.39 bits per heavy atom. The van der Waals surface area contributed by atoms with Crippen LogP contribution in [0.25, 0.3) is 0 Å². The maximum absolute atomic E-state index is 12.3. The van der Waals surface area contributed by atoms with Gasteiger partial charge in [0.25, 0.3) is 0 Å². The van der Waals surface area contributed by atoms with Crippen LogP contribution in [0.5, 0.6) is 5.75 Å². The van der Waals surface area contributed by atoms with Crippen LogP contribution in [0, 0.1) is 3.57 Å². The zero-order chi connectivity index (χ0) is 16.6. The van der Waals surface area contributed by atoms with Crippen molar-refractivity contribution in [2.45, 2.75) is 13.0 Å². The summed E-state index contributed by atoms with van der Waals surface area (Å²) in [6, 6.07) is 5.20. The molecule has 0 spiro atoms. The average Bonchev–Trinajstić information content (AvgIpc) is 3.00. The molecule has 1 aromatic carbocycles. The molecule has 0 fully saturated rings. The van der Waals surface area contributed by atoms with Gasteiger partial charge >= 0.3 is 5.97 Å². The quantitative estimate of drug-likeness (QED) is 0.590. The fourth-order valence-corrected chi connectivity index (χ4v) is 3.11. The number of allylic oxidation sites excluding steroid dienone is 1. The van der Waals surface area contributed by atoms with Gasteiger partial charge in [0.05, 0.1) is 19.8 Å². The van der Waals surface area contributed by atoms with Crippen molar-refractivity contribution in [3.63, 3.8) is 0 Å². The van der Waals surface area contributed by atoms with Crippen molar-refractivity contribution < 1.29 is 14.3 Å². The van der Waals surface area contributed by atoms with Crippen molar-refractivity contribution in [1.82, 2.24) is 20.2 Å². The molecule has 1 aliphatic rings. The Balaban J connectivity index is 2.26. The van der Waals surface area contributed by atoms with E-state index in [9.17, 15) is 4.79 Å². The highest BCUT2D eigenvalue weighted by molar-refractivity contribution is 14.1. The van der Waals surface area contributed by atoms with Crippen LogP contribution in [-0.4, -0.2) is 40.4 Å². The van der Waals surface area contributed by atoms with Crippen LogP contribution in [0.15, 0.2) is 29.5 Å². The second-order valence-corrected chi connectivity index (χ2v) is 6.14. The van der Waals surface area contributed by atoms with Gasteiger partial charge < -0.3 is 14.8 Å². The zero-order valence-corrected chi connectivity index (χ0v) is 14.9. The molecule has 0 aliphatic carbocycles. The lowest BCUT2D eigenvalue weighted by molar-refractivity contribution is -0.136. The molecule has 120 valence electrons. The monoisotopic (exact) mass is 427 g/mol. The molecular weight excluding hydrogens is 413 g/mol. The predicted molar refractivity (Wildman–Crippen MR) is 90.0 cm³/mol. The molecule has 1 N–H and O–H groups in total. The van der Waals surface area contributed by atoms with Crippen molar-refractivity contribution in [3.05, 3.63) is 38.6 Å². The Morgan fingerprint density at radius 3 is 2.87 bits per heavy atom. The van der Waals surface area contributed by atoms with E-state index in [0.29, 0.717) is 23.0 Å². The van der Waals surface area contributed by atoms with Gasteiger partial charge in [-0.3, -0.25) is 0 Å². The SMILES string of the molecule is COC(=O)C1=C(C)Nc2nnnn2[C@H]1c1cc(I)ccc1OC. The van der Waals surface area contributed by atoms with Crippen molar-refractivity contribution in [3.8, 4) is 5.75 Å². The van der Waals surface area contributed by atoms with Gasteiger partial charge in [-0.1, -0.05) is 5.10 Å². The Morgan fingerprint density at radius 2 is 2.17 bits per heavy atom. The van der Waals surface area contributed by atoms with Crippen molar-refractivity contribution in [2.75, 3.05) is 19.5 Å². The lowest BCUT2D eigenvalue weighted by Crippen LogP contribution is -2.29. The maximum Gasteiger partial charge on any atom is 0.338 e. The Bertz CT molecular complexity index is 801. The molecule has 3 rings (SSSR count). The summed E-state index contributed by atoms with van der Waals surface area (Å²) in [7, 11) is 2.93. The molecule has 2 aromatic rings. The van der Waals surface area contributed by atoms with Gasteiger partial charge in [-0.05, 0) is 58.1 Å². The lowest BCUT2D eigenvalue weighted by Gasteiger charge is -2.28. The number of rotatable bonds is 3. The summed E-state index contributed by atoms with van der Waals surface area (Å²) in [5.74, 6) is 0.663. The van der Waals surface area contributed by atoms with E-state index in [2.05, 4.69) is 43.4 Å². The molecule has 0 saturated heterocycles. The summed E-state index contributed by atoms with van der Waals surface area (Å²) in [6.07, 6.45) is 0. The number of esters is 1. The standard InChI is InChI=1S/C14H14IN5O3/c1-7-11(13(21)23-3)12(20-14(16-7)17-18-19-20)9-6-8(15)4-5-10(9)22-2/h4-6,12H,1-3H3,(H,16,17,19)/t12-/m0/s1. The van der Waals surface area contributed by atoms with E-state index >= 15 is 0 Å². The molecule has 1 aromatic heterocycles. The van der Waals surface area contributed by atoms with Crippen LogP contribution in [0.1, 0.15) is 18.5 Å². The number of fused-ring (bicyclic) bond motifs is 1. The molecule has 2 heterocycles. The number of tetrazole rings is 1. The number of anilines is 1. The molecule has 1 aliphatic heterocycles. The number of hydrogen-bond acceptors (Lipinski definition) is 7. The van der Waals surface area contributed by atoms with Gasteiger partial charge in [-0.2, -0.15) is 4.68 Å². The number of methoxy groups -OCH3 is 2. The number of carbonyl (C=O) groups is 1. The van der Waals surface area contributed by atoms with E-state index in [0.717, 1.165) is 9.13 Å². The minimum absolute atomic E-state index is 0.438. The van der Waals surface area contributed by atoms with E-state index in [1.54, 1.807) is 18.7 Å². The van der Waals surface area contributed by atoms with Gasteiger partial charge in [0.15, 0.2) is 0 Å². The molecule has 9 heteroatoms. The molecule has 8 nitrogen and oxygen atoms in total. The van der Waals surface area contributed by atoms with E-state index in [1.807, 2.05) is 18.2 Å². The minimum atomic E-state index is -0.529. The van der Waals surface area contributed by atoms with Crippen LogP contribution >= 0.6 is 22.6 Å². The summed E-state index contributed by atoms with van der Waals surface area (Å²) in [6.45, 7) is 1.79. The second-order valence-electron chi connectivity index (χ2n) is 4.89. The molecule has 0 bridgehead atoms. The zero-order valence-electron chi connectivity index (χ0n) is 12.7. The molecular formula is C14H14IN5O3. The van der Waals surface area contributed by atoms with Crippen LogP contribution in [-0.2, 0) is 9.53 Å². The summed E-state index contributed by atoms with van der Waals surface area (Å²) >= 11 is 2.21. The van der Waals surface area contributed by atoms with Crippen molar-refractivity contribution >= 4 is 34.5 Å². The minimum Gasteiger partial charge on any atom is -0.496 e. The van der Waals surface area contributed by atoms with Crippen molar-refractivity contribution in [1.29, 1.82) is 0 Å². The van der Waals surface area contributed by atoms with Gasteiger partial charge in [-0.15, -0.1) is 0 Å². The van der Waals surface area contributed by atoms with Crippen molar-refractivity contribution in [2.24, 2.45) is 0 Å². The average molecular weight is 427 g/mol. The van der Waals surface area contributed by atoms with E-state index < -0.39 is 12.0 Å². The predicted octanol–water partition coefficient (Wildman–Crippen LogP) is 1.75. The largest absolute Gasteiger partial charge is 0.496 e. The summed E-state index contributed by atoms with van der Waals surface area (Å²) < 4.78 is 13.0. The topological polar surface area (TPSA) is 91.2 Å². The third-order valence-electron chi connectivity index (χ3n) is 3.61. The first kappa shape index (κ1) is 15.7. The third kappa shape index (κ3) is 2.64. The van der Waals surface area contributed by atoms with Crippen LogP contribution in [0.3, 0.4) is 0 Å². The molecule has 23 heavy (non-hydrogen) atoms. The third-order valence-corrected chi connectivity index (χ3v) is 4.28. The Kier molecular flexibility index (Phi) is 4.20. The van der Waals surface area contributed by atoms with E-state index in [1.165, 1.54) is 7.11 Å². The number of aromatic nitrogens is 4. The van der Waals surface area contributed by atoms with Gasteiger partial charge in [-0.25, -0.2) is 4.79 Å². The Labute approximate surface area is 146 Å². The molecule has 0 unspecified atom stereocenters. The first-order valence-corrected chi connectivity index (χ1v) is 7.82. The first-order valence-electron chi connectivity index (χ1n) is 6.74. The molecule has 0 radical (unpaired) electrons. The number of hydrogen-bond donors (Lipinski definition) is 1. The lowest BCUT2D eigenvalue weighted by atomic mass is 9.95. The first-order chi connectivity index (χ1) is 11.1. The highest BCUT2D eigenvalue weighted by Crippen LogP contribution is 2.39. The summed E-state index contributed by atoms with van der Waals surface area (Å²) in [5.41, 5.74) is 1.87. The highest BCUT2D eigenvalue weighted by atomic mass is 127. The molecule has 1 atom stereocenters. The van der Waals surface area contributed by atoms with Gasteiger partial charge in [0, 0.05) is 14.8 Å². The summed E-state index contributed by atoms with van der Waals surface area (Å²) in [5, 5.41) is 14.7.